The number of nitrogens with zero attached hydrogens (tertiary/aromatic N) is 3. The van der Waals surface area contributed by atoms with Gasteiger partial charge in [0.15, 0.2) is 0 Å². The number of para-hydroxylation sites is 1. The monoisotopic (exact) mass is 234 g/mol. The number of fused-ring (bicyclic) bond motifs is 3. The lowest BCUT2D eigenvalue weighted by Gasteiger charge is -2.07. The fourth-order valence-corrected chi connectivity index (χ4v) is 2.13. The van der Waals surface area contributed by atoms with Gasteiger partial charge < -0.3 is 5.73 Å². The highest BCUT2D eigenvalue weighted by Gasteiger charge is 2.10. The first kappa shape index (κ1) is 10.5. The van der Waals surface area contributed by atoms with E-state index in [0.29, 0.717) is 5.56 Å². The fraction of sp³-hybridized carbons (Fsp3) is 0.0714. The van der Waals surface area contributed by atoms with Gasteiger partial charge in [0.05, 0.1) is 22.3 Å². The van der Waals surface area contributed by atoms with Crippen LogP contribution >= 0.6 is 0 Å². The van der Waals surface area contributed by atoms with Crippen molar-refractivity contribution < 1.29 is 0 Å². The Bertz CT molecular complexity index is 815. The molecule has 3 rings (SSSR count). The van der Waals surface area contributed by atoms with E-state index in [2.05, 4.69) is 16.0 Å². The Morgan fingerprint density at radius 3 is 2.72 bits per heavy atom. The van der Waals surface area contributed by atoms with Gasteiger partial charge in [0.25, 0.3) is 0 Å². The van der Waals surface area contributed by atoms with Gasteiger partial charge in [-0.1, -0.05) is 18.2 Å². The Morgan fingerprint density at radius 2 is 1.94 bits per heavy atom. The molecule has 2 aromatic heterocycles. The summed E-state index contributed by atoms with van der Waals surface area (Å²) in [6.07, 6.45) is 0. The van der Waals surface area contributed by atoms with E-state index in [1.54, 1.807) is 6.07 Å². The molecule has 4 nitrogen and oxygen atoms in total. The molecule has 0 radical (unpaired) electrons. The lowest BCUT2D eigenvalue weighted by molar-refractivity contribution is 1.25. The van der Waals surface area contributed by atoms with E-state index in [1.807, 2.05) is 31.2 Å². The second-order valence-electron chi connectivity index (χ2n) is 4.14. The maximum atomic E-state index is 9.03. The lowest BCUT2D eigenvalue weighted by atomic mass is 10.1. The molecular formula is C14H10N4. The summed E-state index contributed by atoms with van der Waals surface area (Å²) in [6, 6.07) is 11.7. The third-order valence-electron chi connectivity index (χ3n) is 3.00. The molecule has 0 aliphatic heterocycles. The van der Waals surface area contributed by atoms with E-state index >= 15 is 0 Å². The maximum absolute atomic E-state index is 9.03. The van der Waals surface area contributed by atoms with Gasteiger partial charge in [0.2, 0.25) is 0 Å². The maximum Gasteiger partial charge on any atom is 0.142 e. The van der Waals surface area contributed by atoms with Gasteiger partial charge in [-0.05, 0) is 19.1 Å². The summed E-state index contributed by atoms with van der Waals surface area (Å²) in [7, 11) is 0. The van der Waals surface area contributed by atoms with Crippen molar-refractivity contribution in [1.29, 1.82) is 5.26 Å². The van der Waals surface area contributed by atoms with Gasteiger partial charge in [-0.25, -0.2) is 4.98 Å². The first-order valence-corrected chi connectivity index (χ1v) is 5.56. The van der Waals surface area contributed by atoms with Crippen LogP contribution in [0, 0.1) is 18.3 Å². The van der Waals surface area contributed by atoms with E-state index in [4.69, 9.17) is 11.0 Å². The third kappa shape index (κ3) is 1.38. The normalized spacial score (nSPS) is 10.7. The van der Waals surface area contributed by atoms with Crippen molar-refractivity contribution in [2.24, 2.45) is 0 Å². The number of nitriles is 1. The van der Waals surface area contributed by atoms with Crippen LogP contribution in [0.1, 0.15) is 11.3 Å². The summed E-state index contributed by atoms with van der Waals surface area (Å²) in [6.45, 7) is 1.90. The Kier molecular flexibility index (Phi) is 2.14. The van der Waals surface area contributed by atoms with E-state index in [9.17, 15) is 0 Å². The van der Waals surface area contributed by atoms with Crippen molar-refractivity contribution in [2.75, 3.05) is 5.73 Å². The molecule has 18 heavy (non-hydrogen) atoms. The molecule has 0 aliphatic carbocycles. The van der Waals surface area contributed by atoms with Gasteiger partial charge in [0.1, 0.15) is 11.9 Å². The molecule has 0 fully saturated rings. The lowest BCUT2D eigenvalue weighted by Crippen LogP contribution is -1.98. The van der Waals surface area contributed by atoms with E-state index in [-0.39, 0.29) is 5.82 Å². The highest BCUT2D eigenvalue weighted by atomic mass is 14.9. The van der Waals surface area contributed by atoms with Crippen LogP contribution in [0.5, 0.6) is 0 Å². The van der Waals surface area contributed by atoms with Crippen molar-refractivity contribution in [3.8, 4) is 6.07 Å². The molecule has 0 aliphatic rings. The number of nitrogen functional groups attached to an aromatic ring is 1. The average molecular weight is 234 g/mol. The first-order chi connectivity index (χ1) is 8.70. The molecule has 4 heteroatoms. The number of nitrogens with two attached hydrogens (primary N) is 1. The van der Waals surface area contributed by atoms with Crippen molar-refractivity contribution in [3.63, 3.8) is 0 Å². The Morgan fingerprint density at radius 1 is 1.17 bits per heavy atom. The molecule has 2 heterocycles. The number of rotatable bonds is 0. The smallest absolute Gasteiger partial charge is 0.142 e. The quantitative estimate of drug-likeness (QED) is 0.606. The molecule has 0 saturated heterocycles. The predicted octanol–water partition coefficient (Wildman–Crippen LogP) is 2.55. The SMILES string of the molecule is Cc1nc2ccccc2c2cc(C#N)c(N)nc12. The standard InChI is InChI=1S/C14H10N4/c1-8-13-11(6-9(7-15)14(16)18-13)10-4-2-3-5-12(10)17-8/h2-6H,1H3,(H2,16,18). The molecule has 0 atom stereocenters. The van der Waals surface area contributed by atoms with Crippen LogP contribution in [-0.4, -0.2) is 9.97 Å². The number of hydrogen-bond donors (Lipinski definition) is 1. The molecule has 0 spiro atoms. The van der Waals surface area contributed by atoms with Crippen molar-refractivity contribution in [3.05, 3.63) is 41.6 Å². The number of pyridine rings is 2. The molecule has 3 aromatic rings. The minimum Gasteiger partial charge on any atom is -0.383 e. The largest absolute Gasteiger partial charge is 0.383 e. The number of benzene rings is 1. The molecule has 2 N–H and O–H groups in total. The predicted molar refractivity (Wildman–Crippen MR) is 70.9 cm³/mol. The topological polar surface area (TPSA) is 75.6 Å². The summed E-state index contributed by atoms with van der Waals surface area (Å²) in [5.74, 6) is 0.255. The number of hydrogen-bond acceptors (Lipinski definition) is 4. The van der Waals surface area contributed by atoms with Crippen LogP contribution in [0.2, 0.25) is 0 Å². The summed E-state index contributed by atoms with van der Waals surface area (Å²) in [5.41, 5.74) is 8.62. The van der Waals surface area contributed by atoms with Gasteiger partial charge >= 0.3 is 0 Å². The molecule has 1 aromatic carbocycles. The van der Waals surface area contributed by atoms with Crippen molar-refractivity contribution in [2.45, 2.75) is 6.92 Å². The minimum atomic E-state index is 0.255. The van der Waals surface area contributed by atoms with Crippen LogP contribution in [0.15, 0.2) is 30.3 Å². The van der Waals surface area contributed by atoms with Crippen LogP contribution in [0.4, 0.5) is 5.82 Å². The molecule has 0 bridgehead atoms. The van der Waals surface area contributed by atoms with Crippen LogP contribution < -0.4 is 5.73 Å². The number of anilines is 1. The van der Waals surface area contributed by atoms with E-state index < -0.39 is 0 Å². The second kappa shape index (κ2) is 3.67. The minimum absolute atomic E-state index is 0.255. The van der Waals surface area contributed by atoms with E-state index in [1.165, 1.54) is 0 Å². The number of aromatic nitrogens is 2. The average Bonchev–Trinajstić information content (AvgIpc) is 2.39. The van der Waals surface area contributed by atoms with Crippen molar-refractivity contribution >= 4 is 27.6 Å². The van der Waals surface area contributed by atoms with Crippen LogP contribution in [-0.2, 0) is 0 Å². The fourth-order valence-electron chi connectivity index (χ4n) is 2.13. The van der Waals surface area contributed by atoms with Crippen LogP contribution in [0.25, 0.3) is 21.8 Å². The molecule has 0 unspecified atom stereocenters. The second-order valence-corrected chi connectivity index (χ2v) is 4.14. The van der Waals surface area contributed by atoms with E-state index in [0.717, 1.165) is 27.5 Å². The zero-order valence-corrected chi connectivity index (χ0v) is 9.81. The first-order valence-electron chi connectivity index (χ1n) is 5.56. The number of aryl methyl sites for hydroxylation is 1. The molecule has 0 saturated carbocycles. The van der Waals surface area contributed by atoms with Gasteiger partial charge in [0, 0.05) is 10.8 Å². The summed E-state index contributed by atoms with van der Waals surface area (Å²) >= 11 is 0. The summed E-state index contributed by atoms with van der Waals surface area (Å²) < 4.78 is 0. The highest BCUT2D eigenvalue weighted by Crippen LogP contribution is 2.27. The zero-order valence-electron chi connectivity index (χ0n) is 9.81. The Hall–Kier alpha value is -2.67. The van der Waals surface area contributed by atoms with Crippen LogP contribution in [0.3, 0.4) is 0 Å². The van der Waals surface area contributed by atoms with Crippen molar-refractivity contribution in [1.82, 2.24) is 9.97 Å². The highest BCUT2D eigenvalue weighted by molar-refractivity contribution is 6.06. The molecule has 0 amide bonds. The molecule has 86 valence electrons. The molecular weight excluding hydrogens is 224 g/mol. The summed E-state index contributed by atoms with van der Waals surface area (Å²) in [4.78, 5) is 8.79. The Labute approximate surface area is 104 Å². The zero-order chi connectivity index (χ0) is 12.7. The van der Waals surface area contributed by atoms with Gasteiger partial charge in [-0.2, -0.15) is 5.26 Å². The third-order valence-corrected chi connectivity index (χ3v) is 3.00. The van der Waals surface area contributed by atoms with Gasteiger partial charge in [-0.3, -0.25) is 4.98 Å². The Balaban J connectivity index is 2.59. The summed E-state index contributed by atoms with van der Waals surface area (Å²) in [5, 5.41) is 10.9. The van der Waals surface area contributed by atoms with Gasteiger partial charge in [-0.15, -0.1) is 0 Å².